The molecule has 0 spiro atoms. The van der Waals surface area contributed by atoms with Gasteiger partial charge in [0.2, 0.25) is 0 Å². The zero-order valence-corrected chi connectivity index (χ0v) is 10.5. The molecule has 2 N–H and O–H groups in total. The van der Waals surface area contributed by atoms with Crippen LogP contribution in [0.4, 0.5) is 14.5 Å². The number of nitrogens with one attached hydrogen (secondary N) is 1. The van der Waals surface area contributed by atoms with Gasteiger partial charge in [0.25, 0.3) is 0 Å². The zero-order chi connectivity index (χ0) is 13.8. The molecular weight excluding hydrogens is 248 g/mol. The van der Waals surface area contributed by atoms with Crippen molar-refractivity contribution in [2.75, 3.05) is 5.32 Å². The van der Waals surface area contributed by atoms with Crippen molar-refractivity contribution in [3.8, 4) is 0 Å². The molecule has 100 valence electrons. The van der Waals surface area contributed by atoms with Crippen LogP contribution in [-0.2, 0) is 6.61 Å². The first-order chi connectivity index (χ1) is 9.08. The van der Waals surface area contributed by atoms with Gasteiger partial charge < -0.3 is 10.4 Å². The maximum absolute atomic E-state index is 13.1. The molecule has 0 saturated heterocycles. The Bertz CT molecular complexity index is 552. The molecule has 1 unspecified atom stereocenters. The van der Waals surface area contributed by atoms with E-state index >= 15 is 0 Å². The molecule has 2 aromatic carbocycles. The van der Waals surface area contributed by atoms with E-state index < -0.39 is 11.6 Å². The molecule has 4 heteroatoms. The van der Waals surface area contributed by atoms with Crippen molar-refractivity contribution < 1.29 is 13.9 Å². The monoisotopic (exact) mass is 263 g/mol. The van der Waals surface area contributed by atoms with E-state index in [0.29, 0.717) is 5.56 Å². The summed E-state index contributed by atoms with van der Waals surface area (Å²) in [6.45, 7) is 1.78. The van der Waals surface area contributed by atoms with Crippen LogP contribution in [0.5, 0.6) is 0 Å². The van der Waals surface area contributed by atoms with Gasteiger partial charge in [0, 0.05) is 17.8 Å². The zero-order valence-electron chi connectivity index (χ0n) is 10.5. The predicted molar refractivity (Wildman–Crippen MR) is 70.8 cm³/mol. The lowest BCUT2D eigenvalue weighted by Crippen LogP contribution is -2.07. The second-order valence-electron chi connectivity index (χ2n) is 4.43. The number of aliphatic hydroxyl groups is 1. The van der Waals surface area contributed by atoms with Crippen molar-refractivity contribution >= 4 is 5.69 Å². The van der Waals surface area contributed by atoms with Crippen LogP contribution >= 0.6 is 0 Å². The number of hydrogen-bond acceptors (Lipinski definition) is 2. The maximum Gasteiger partial charge on any atom is 0.126 e. The minimum Gasteiger partial charge on any atom is -0.392 e. The maximum atomic E-state index is 13.1. The third kappa shape index (κ3) is 3.51. The van der Waals surface area contributed by atoms with E-state index in [1.165, 1.54) is 12.1 Å². The standard InChI is InChI=1S/C15H15F2NO/c1-10(12-6-13(16)8-14(17)7-12)18-15-4-2-3-11(5-15)9-19/h2-8,10,18-19H,9H2,1H3. The number of aliphatic hydroxyl groups excluding tert-OH is 1. The number of rotatable bonds is 4. The summed E-state index contributed by atoms with van der Waals surface area (Å²) in [5.41, 5.74) is 2.11. The summed E-state index contributed by atoms with van der Waals surface area (Å²) in [6, 6.07) is 10.5. The third-order valence-corrected chi connectivity index (χ3v) is 2.88. The Labute approximate surface area is 110 Å². The highest BCUT2D eigenvalue weighted by Gasteiger charge is 2.08. The highest BCUT2D eigenvalue weighted by atomic mass is 19.1. The van der Waals surface area contributed by atoms with Crippen molar-refractivity contribution in [2.45, 2.75) is 19.6 Å². The van der Waals surface area contributed by atoms with Crippen LogP contribution in [-0.4, -0.2) is 5.11 Å². The van der Waals surface area contributed by atoms with Gasteiger partial charge in [0.15, 0.2) is 0 Å². The lowest BCUT2D eigenvalue weighted by Gasteiger charge is -2.16. The minimum atomic E-state index is -0.590. The molecule has 0 aromatic heterocycles. The molecule has 0 aliphatic heterocycles. The Morgan fingerprint density at radius 3 is 2.42 bits per heavy atom. The highest BCUT2D eigenvalue weighted by Crippen LogP contribution is 2.21. The first-order valence-corrected chi connectivity index (χ1v) is 6.01. The van der Waals surface area contributed by atoms with Gasteiger partial charge in [-0.2, -0.15) is 0 Å². The fourth-order valence-electron chi connectivity index (χ4n) is 1.92. The molecule has 2 aromatic rings. The van der Waals surface area contributed by atoms with E-state index in [-0.39, 0.29) is 12.6 Å². The highest BCUT2D eigenvalue weighted by molar-refractivity contribution is 5.47. The van der Waals surface area contributed by atoms with Crippen LogP contribution in [0.2, 0.25) is 0 Å². The molecule has 0 aliphatic rings. The molecule has 0 aliphatic carbocycles. The Morgan fingerprint density at radius 1 is 1.11 bits per heavy atom. The summed E-state index contributed by atoms with van der Waals surface area (Å²) in [6.07, 6.45) is 0. The summed E-state index contributed by atoms with van der Waals surface area (Å²) in [7, 11) is 0. The smallest absolute Gasteiger partial charge is 0.126 e. The molecule has 0 fully saturated rings. The normalized spacial score (nSPS) is 12.2. The largest absolute Gasteiger partial charge is 0.392 e. The molecule has 0 heterocycles. The molecule has 0 bridgehead atoms. The topological polar surface area (TPSA) is 32.3 Å². The fourth-order valence-corrected chi connectivity index (χ4v) is 1.92. The Balaban J connectivity index is 2.17. The van der Waals surface area contributed by atoms with E-state index in [0.717, 1.165) is 17.3 Å². The van der Waals surface area contributed by atoms with Crippen molar-refractivity contribution in [3.05, 3.63) is 65.2 Å². The molecule has 0 radical (unpaired) electrons. The Morgan fingerprint density at radius 2 is 1.79 bits per heavy atom. The van der Waals surface area contributed by atoms with Crippen LogP contribution in [0, 0.1) is 11.6 Å². The molecular formula is C15H15F2NO. The average Bonchev–Trinajstić information content (AvgIpc) is 2.37. The summed E-state index contributed by atoms with van der Waals surface area (Å²) >= 11 is 0. The lowest BCUT2D eigenvalue weighted by molar-refractivity contribution is 0.282. The van der Waals surface area contributed by atoms with Gasteiger partial charge in [-0.1, -0.05) is 12.1 Å². The van der Waals surface area contributed by atoms with Crippen LogP contribution < -0.4 is 5.32 Å². The first kappa shape index (κ1) is 13.5. The summed E-state index contributed by atoms with van der Waals surface area (Å²) < 4.78 is 26.3. The molecule has 0 amide bonds. The van der Waals surface area contributed by atoms with Gasteiger partial charge >= 0.3 is 0 Å². The summed E-state index contributed by atoms with van der Waals surface area (Å²) in [5.74, 6) is -1.18. The lowest BCUT2D eigenvalue weighted by atomic mass is 10.1. The van der Waals surface area contributed by atoms with E-state index in [1.807, 2.05) is 19.1 Å². The molecule has 2 nitrogen and oxygen atoms in total. The predicted octanol–water partition coefficient (Wildman–Crippen LogP) is 3.63. The van der Waals surface area contributed by atoms with Crippen molar-refractivity contribution in [3.63, 3.8) is 0 Å². The van der Waals surface area contributed by atoms with Gasteiger partial charge in [-0.05, 0) is 42.3 Å². The van der Waals surface area contributed by atoms with Gasteiger partial charge in [-0.3, -0.25) is 0 Å². The quantitative estimate of drug-likeness (QED) is 0.882. The number of halogens is 2. The third-order valence-electron chi connectivity index (χ3n) is 2.88. The second-order valence-corrected chi connectivity index (χ2v) is 4.43. The minimum absolute atomic E-state index is 0.0432. The Hall–Kier alpha value is -1.94. The van der Waals surface area contributed by atoms with E-state index in [2.05, 4.69) is 5.32 Å². The van der Waals surface area contributed by atoms with E-state index in [4.69, 9.17) is 5.11 Å². The second kappa shape index (κ2) is 5.80. The number of benzene rings is 2. The van der Waals surface area contributed by atoms with Crippen LogP contribution in [0.3, 0.4) is 0 Å². The van der Waals surface area contributed by atoms with Crippen LogP contribution in [0.15, 0.2) is 42.5 Å². The van der Waals surface area contributed by atoms with Gasteiger partial charge in [0.1, 0.15) is 11.6 Å². The van der Waals surface area contributed by atoms with Crippen LogP contribution in [0.1, 0.15) is 24.1 Å². The van der Waals surface area contributed by atoms with E-state index in [1.54, 1.807) is 12.1 Å². The average molecular weight is 263 g/mol. The molecule has 0 saturated carbocycles. The van der Waals surface area contributed by atoms with Crippen molar-refractivity contribution in [1.29, 1.82) is 0 Å². The van der Waals surface area contributed by atoms with Gasteiger partial charge in [-0.15, -0.1) is 0 Å². The summed E-state index contributed by atoms with van der Waals surface area (Å²) in [4.78, 5) is 0. The van der Waals surface area contributed by atoms with E-state index in [9.17, 15) is 8.78 Å². The van der Waals surface area contributed by atoms with Crippen molar-refractivity contribution in [2.24, 2.45) is 0 Å². The molecule has 19 heavy (non-hydrogen) atoms. The van der Waals surface area contributed by atoms with Crippen molar-refractivity contribution in [1.82, 2.24) is 0 Å². The number of hydrogen-bond donors (Lipinski definition) is 2. The SMILES string of the molecule is CC(Nc1cccc(CO)c1)c1cc(F)cc(F)c1. The Kier molecular flexibility index (Phi) is 4.12. The van der Waals surface area contributed by atoms with Gasteiger partial charge in [-0.25, -0.2) is 8.78 Å². The molecule has 1 atom stereocenters. The first-order valence-electron chi connectivity index (χ1n) is 6.01. The molecule has 2 rings (SSSR count). The number of anilines is 1. The summed E-state index contributed by atoms with van der Waals surface area (Å²) in [5, 5.41) is 12.2. The van der Waals surface area contributed by atoms with Crippen LogP contribution in [0.25, 0.3) is 0 Å². The van der Waals surface area contributed by atoms with Gasteiger partial charge in [0.05, 0.1) is 6.61 Å². The fraction of sp³-hybridized carbons (Fsp3) is 0.200.